The van der Waals surface area contributed by atoms with Crippen LogP contribution in [0.15, 0.2) is 47.0 Å². The van der Waals surface area contributed by atoms with Crippen molar-refractivity contribution in [3.8, 4) is 5.75 Å². The van der Waals surface area contributed by atoms with Gasteiger partial charge in [-0.25, -0.2) is 4.39 Å². The average Bonchev–Trinajstić information content (AvgIpc) is 2.98. The van der Waals surface area contributed by atoms with Gasteiger partial charge in [0.2, 0.25) is 0 Å². The molecule has 0 radical (unpaired) electrons. The van der Waals surface area contributed by atoms with Crippen LogP contribution in [0.5, 0.6) is 5.75 Å². The summed E-state index contributed by atoms with van der Waals surface area (Å²) in [5.41, 5.74) is 6.52. The van der Waals surface area contributed by atoms with Gasteiger partial charge < -0.3 is 15.0 Å². The monoisotopic (exact) mass is 333 g/mol. The lowest BCUT2D eigenvalue weighted by Crippen LogP contribution is -1.99. The van der Waals surface area contributed by atoms with Crippen molar-refractivity contribution >= 4 is 17.3 Å². The summed E-state index contributed by atoms with van der Waals surface area (Å²) in [5, 5.41) is 4.02. The molecule has 3 aromatic rings. The smallest absolute Gasteiger partial charge is 0.264 e. The van der Waals surface area contributed by atoms with Crippen molar-refractivity contribution < 1.29 is 13.7 Å². The van der Waals surface area contributed by atoms with Gasteiger partial charge in [0, 0.05) is 12.5 Å². The summed E-state index contributed by atoms with van der Waals surface area (Å²) in [4.78, 5) is 4.24. The van der Waals surface area contributed by atoms with Crippen LogP contribution in [-0.2, 0) is 13.0 Å². The zero-order valence-corrected chi connectivity index (χ0v) is 12.8. The van der Waals surface area contributed by atoms with Crippen LogP contribution in [0.1, 0.15) is 17.3 Å². The Kier molecular flexibility index (Phi) is 4.43. The number of aromatic nitrogens is 2. The normalized spacial score (nSPS) is 10.7. The van der Waals surface area contributed by atoms with E-state index in [1.165, 1.54) is 6.07 Å². The second-order valence-electron chi connectivity index (χ2n) is 4.86. The molecule has 0 fully saturated rings. The number of hydrogen-bond donors (Lipinski definition) is 1. The topological polar surface area (TPSA) is 74.2 Å². The van der Waals surface area contributed by atoms with Crippen molar-refractivity contribution in [2.75, 3.05) is 5.73 Å². The zero-order chi connectivity index (χ0) is 16.2. The number of nitrogen functional groups attached to an aromatic ring is 1. The molecule has 7 heteroatoms. The number of rotatable bonds is 5. The van der Waals surface area contributed by atoms with Crippen molar-refractivity contribution in [2.24, 2.45) is 0 Å². The molecular weight excluding hydrogens is 321 g/mol. The van der Waals surface area contributed by atoms with Crippen molar-refractivity contribution in [2.45, 2.75) is 13.0 Å². The Balaban J connectivity index is 1.65. The first-order valence-electron chi connectivity index (χ1n) is 6.84. The van der Waals surface area contributed by atoms with Gasteiger partial charge in [0.05, 0.1) is 10.7 Å². The number of nitrogens with zero attached hydrogens (tertiary/aromatic N) is 2. The van der Waals surface area contributed by atoms with Crippen LogP contribution in [0, 0.1) is 5.82 Å². The Morgan fingerprint density at radius 3 is 2.78 bits per heavy atom. The Morgan fingerprint density at radius 1 is 1.22 bits per heavy atom. The van der Waals surface area contributed by atoms with Crippen molar-refractivity contribution in [1.82, 2.24) is 10.1 Å². The van der Waals surface area contributed by atoms with Crippen LogP contribution < -0.4 is 10.5 Å². The van der Waals surface area contributed by atoms with Crippen LogP contribution in [0.3, 0.4) is 0 Å². The first-order chi connectivity index (χ1) is 11.1. The fourth-order valence-corrected chi connectivity index (χ4v) is 2.20. The standard InChI is InChI=1S/C16H13ClFN3O2/c17-11-7-12(18)13(19)8-14(11)22-9-16-20-15(21-23-16)6-10-4-2-1-3-5-10/h1-5,7-8H,6,9,19H2. The molecule has 1 heterocycles. The predicted octanol–water partition coefficient (Wildman–Crippen LogP) is 3.61. The minimum absolute atomic E-state index is 0.0204. The summed E-state index contributed by atoms with van der Waals surface area (Å²) in [5.74, 6) is 0.521. The van der Waals surface area contributed by atoms with E-state index in [9.17, 15) is 4.39 Å². The minimum Gasteiger partial charge on any atom is -0.482 e. The first-order valence-corrected chi connectivity index (χ1v) is 7.22. The molecule has 1 aromatic heterocycles. The summed E-state index contributed by atoms with van der Waals surface area (Å²) in [6.07, 6.45) is 0.564. The van der Waals surface area contributed by atoms with E-state index in [2.05, 4.69) is 10.1 Å². The maximum atomic E-state index is 13.2. The molecule has 0 aliphatic heterocycles. The van der Waals surface area contributed by atoms with Crippen molar-refractivity contribution in [3.05, 3.63) is 70.6 Å². The van der Waals surface area contributed by atoms with Gasteiger partial charge in [0.1, 0.15) is 11.6 Å². The zero-order valence-electron chi connectivity index (χ0n) is 12.0. The number of ether oxygens (including phenoxy) is 1. The molecule has 118 valence electrons. The van der Waals surface area contributed by atoms with E-state index >= 15 is 0 Å². The van der Waals surface area contributed by atoms with Crippen LogP contribution in [-0.4, -0.2) is 10.1 Å². The molecule has 0 atom stereocenters. The van der Waals surface area contributed by atoms with Gasteiger partial charge in [-0.3, -0.25) is 0 Å². The third kappa shape index (κ3) is 3.78. The Labute approximate surface area is 136 Å². The third-order valence-corrected chi connectivity index (χ3v) is 3.41. The van der Waals surface area contributed by atoms with Gasteiger partial charge in [-0.05, 0) is 11.6 Å². The molecular formula is C16H13ClFN3O2. The van der Waals surface area contributed by atoms with Crippen LogP contribution in [0.2, 0.25) is 5.02 Å². The van der Waals surface area contributed by atoms with E-state index in [0.29, 0.717) is 18.1 Å². The molecule has 23 heavy (non-hydrogen) atoms. The number of halogens is 2. The Bertz CT molecular complexity index is 808. The maximum absolute atomic E-state index is 13.2. The van der Waals surface area contributed by atoms with Gasteiger partial charge in [-0.1, -0.05) is 47.1 Å². The second kappa shape index (κ2) is 6.66. The molecule has 3 rings (SSSR count). The van der Waals surface area contributed by atoms with Crippen molar-refractivity contribution in [3.63, 3.8) is 0 Å². The predicted molar refractivity (Wildman–Crippen MR) is 83.7 cm³/mol. The Hall–Kier alpha value is -2.60. The molecule has 2 aromatic carbocycles. The van der Waals surface area contributed by atoms with E-state index in [-0.39, 0.29) is 23.1 Å². The number of anilines is 1. The van der Waals surface area contributed by atoms with Crippen LogP contribution in [0.25, 0.3) is 0 Å². The molecule has 5 nitrogen and oxygen atoms in total. The summed E-state index contributed by atoms with van der Waals surface area (Å²) in [6.45, 7) is 0.0204. The third-order valence-electron chi connectivity index (χ3n) is 3.12. The van der Waals surface area contributed by atoms with E-state index in [4.69, 9.17) is 26.6 Å². The van der Waals surface area contributed by atoms with E-state index in [1.54, 1.807) is 0 Å². The highest BCUT2D eigenvalue weighted by atomic mass is 35.5. The number of nitrogens with two attached hydrogens (primary N) is 1. The highest BCUT2D eigenvalue weighted by Crippen LogP contribution is 2.29. The second-order valence-corrected chi connectivity index (χ2v) is 5.27. The number of benzene rings is 2. The molecule has 0 saturated carbocycles. The highest BCUT2D eigenvalue weighted by Gasteiger charge is 2.11. The minimum atomic E-state index is -0.592. The van der Waals surface area contributed by atoms with E-state index < -0.39 is 5.82 Å². The first kappa shape index (κ1) is 15.3. The van der Waals surface area contributed by atoms with E-state index in [1.807, 2.05) is 30.3 Å². The molecule has 0 saturated heterocycles. The van der Waals surface area contributed by atoms with Gasteiger partial charge in [0.15, 0.2) is 12.4 Å². The lowest BCUT2D eigenvalue weighted by Gasteiger charge is -2.07. The summed E-state index contributed by atoms with van der Waals surface area (Å²) in [6, 6.07) is 12.2. The highest BCUT2D eigenvalue weighted by molar-refractivity contribution is 6.32. The van der Waals surface area contributed by atoms with Crippen molar-refractivity contribution in [1.29, 1.82) is 0 Å². The summed E-state index contributed by atoms with van der Waals surface area (Å²) < 4.78 is 23.8. The molecule has 0 spiro atoms. The van der Waals surface area contributed by atoms with Crippen LogP contribution in [0.4, 0.5) is 10.1 Å². The lowest BCUT2D eigenvalue weighted by molar-refractivity contribution is 0.242. The fraction of sp³-hybridized carbons (Fsp3) is 0.125. The van der Waals surface area contributed by atoms with Gasteiger partial charge in [-0.15, -0.1) is 0 Å². The largest absolute Gasteiger partial charge is 0.482 e. The van der Waals surface area contributed by atoms with Gasteiger partial charge in [0.25, 0.3) is 5.89 Å². The molecule has 0 unspecified atom stereocenters. The quantitative estimate of drug-likeness (QED) is 0.722. The van der Waals surface area contributed by atoms with E-state index in [0.717, 1.165) is 11.6 Å². The maximum Gasteiger partial charge on any atom is 0.264 e. The van der Waals surface area contributed by atoms with Gasteiger partial charge in [-0.2, -0.15) is 4.98 Å². The molecule has 0 bridgehead atoms. The summed E-state index contributed by atoms with van der Waals surface area (Å²) in [7, 11) is 0. The molecule has 0 aliphatic carbocycles. The molecule has 2 N–H and O–H groups in total. The molecule has 0 amide bonds. The number of hydrogen-bond acceptors (Lipinski definition) is 5. The lowest BCUT2D eigenvalue weighted by atomic mass is 10.1. The molecule has 0 aliphatic rings. The summed E-state index contributed by atoms with van der Waals surface area (Å²) >= 11 is 5.89. The fourth-order valence-electron chi connectivity index (χ4n) is 1.99. The van der Waals surface area contributed by atoms with Crippen LogP contribution >= 0.6 is 11.6 Å². The SMILES string of the molecule is Nc1cc(OCc2nc(Cc3ccccc3)no2)c(Cl)cc1F. The average molecular weight is 334 g/mol. The van der Waals surface area contributed by atoms with Gasteiger partial charge >= 0.3 is 0 Å². The Morgan fingerprint density at radius 2 is 2.00 bits per heavy atom.